The predicted octanol–water partition coefficient (Wildman–Crippen LogP) is 3.66. The molecule has 0 bridgehead atoms. The van der Waals surface area contributed by atoms with Gasteiger partial charge in [0, 0.05) is 12.1 Å². The smallest absolute Gasteiger partial charge is 0.244 e. The van der Waals surface area contributed by atoms with Crippen LogP contribution in [0.3, 0.4) is 0 Å². The van der Waals surface area contributed by atoms with Gasteiger partial charge in [-0.25, -0.2) is 8.42 Å². The molecular formula is C26H37N3O4S. The Bertz CT molecular complexity index is 1110. The average Bonchev–Trinajstić information content (AvgIpc) is 2.73. The van der Waals surface area contributed by atoms with Crippen LogP contribution in [0.5, 0.6) is 0 Å². The summed E-state index contributed by atoms with van der Waals surface area (Å²) < 4.78 is 26.3. The topological polar surface area (TPSA) is 86.8 Å². The van der Waals surface area contributed by atoms with Gasteiger partial charge in [-0.15, -0.1) is 0 Å². The Kier molecular flexibility index (Phi) is 8.89. The number of sulfonamides is 1. The third-order valence-corrected chi connectivity index (χ3v) is 6.55. The Morgan fingerprint density at radius 2 is 1.65 bits per heavy atom. The van der Waals surface area contributed by atoms with Gasteiger partial charge in [0.25, 0.3) is 0 Å². The molecule has 2 aromatic carbocycles. The molecule has 8 heteroatoms. The van der Waals surface area contributed by atoms with Crippen molar-refractivity contribution in [2.45, 2.75) is 66.1 Å². The van der Waals surface area contributed by atoms with E-state index in [9.17, 15) is 18.0 Å². The number of anilines is 1. The lowest BCUT2D eigenvalue weighted by Gasteiger charge is -2.33. The monoisotopic (exact) mass is 487 g/mol. The van der Waals surface area contributed by atoms with Crippen molar-refractivity contribution in [3.05, 3.63) is 65.2 Å². The summed E-state index contributed by atoms with van der Waals surface area (Å²) in [5.74, 6) is -0.755. The van der Waals surface area contributed by atoms with Crippen LogP contribution in [-0.4, -0.2) is 49.5 Å². The number of amides is 2. The van der Waals surface area contributed by atoms with E-state index in [1.165, 1.54) is 4.90 Å². The molecule has 0 fully saturated rings. The molecule has 186 valence electrons. The van der Waals surface area contributed by atoms with E-state index in [4.69, 9.17) is 0 Å². The molecular weight excluding hydrogens is 450 g/mol. The highest BCUT2D eigenvalue weighted by Crippen LogP contribution is 2.20. The number of hydrogen-bond donors (Lipinski definition) is 1. The van der Waals surface area contributed by atoms with Crippen LogP contribution >= 0.6 is 0 Å². The van der Waals surface area contributed by atoms with Gasteiger partial charge in [0.15, 0.2) is 0 Å². The summed E-state index contributed by atoms with van der Waals surface area (Å²) in [6.07, 6.45) is 1.90. The Labute approximate surface area is 204 Å². The molecule has 1 atom stereocenters. The molecule has 0 aliphatic heterocycles. The summed E-state index contributed by atoms with van der Waals surface area (Å²) in [4.78, 5) is 27.9. The molecule has 0 aromatic heterocycles. The predicted molar refractivity (Wildman–Crippen MR) is 137 cm³/mol. The maximum absolute atomic E-state index is 13.5. The fourth-order valence-corrected chi connectivity index (χ4v) is 4.43. The van der Waals surface area contributed by atoms with Crippen molar-refractivity contribution in [3.63, 3.8) is 0 Å². The highest BCUT2D eigenvalue weighted by Gasteiger charge is 2.31. The van der Waals surface area contributed by atoms with Gasteiger partial charge in [-0.1, -0.05) is 48.9 Å². The van der Waals surface area contributed by atoms with Crippen molar-refractivity contribution >= 4 is 27.5 Å². The second-order valence-corrected chi connectivity index (χ2v) is 11.6. The summed E-state index contributed by atoms with van der Waals surface area (Å²) in [6, 6.07) is 14.0. The number of nitrogens with one attached hydrogen (secondary N) is 1. The first-order valence-corrected chi connectivity index (χ1v) is 13.3. The first-order chi connectivity index (χ1) is 15.7. The van der Waals surface area contributed by atoms with Crippen LogP contribution in [-0.2, 0) is 32.6 Å². The van der Waals surface area contributed by atoms with E-state index in [0.717, 1.165) is 33.7 Å². The Hall–Kier alpha value is -2.87. The van der Waals surface area contributed by atoms with Crippen molar-refractivity contribution < 1.29 is 18.0 Å². The summed E-state index contributed by atoms with van der Waals surface area (Å²) in [5.41, 5.74) is 2.91. The van der Waals surface area contributed by atoms with Crippen molar-refractivity contribution in [3.8, 4) is 0 Å². The fourth-order valence-electron chi connectivity index (χ4n) is 3.58. The minimum Gasteiger partial charge on any atom is -0.350 e. The molecule has 7 nitrogen and oxygen atoms in total. The summed E-state index contributed by atoms with van der Waals surface area (Å²) in [5, 5.41) is 2.91. The van der Waals surface area contributed by atoms with Crippen LogP contribution in [0.2, 0.25) is 0 Å². The SMILES string of the molecule is CCc1ccc(N(CC(=O)N(Cc2cccc(C)c2)C(C)C(=O)NC(C)(C)C)S(C)(=O)=O)cc1. The van der Waals surface area contributed by atoms with Crippen molar-refractivity contribution in [1.82, 2.24) is 10.2 Å². The number of carbonyl (C=O) groups excluding carboxylic acids is 2. The number of aryl methyl sites for hydroxylation is 2. The van der Waals surface area contributed by atoms with Gasteiger partial charge in [0.05, 0.1) is 11.9 Å². The van der Waals surface area contributed by atoms with E-state index in [1.807, 2.05) is 71.0 Å². The molecule has 2 rings (SSSR count). The third-order valence-electron chi connectivity index (χ3n) is 5.41. The van der Waals surface area contributed by atoms with Crippen LogP contribution in [0.15, 0.2) is 48.5 Å². The highest BCUT2D eigenvalue weighted by atomic mass is 32.2. The summed E-state index contributed by atoms with van der Waals surface area (Å²) in [7, 11) is -3.74. The van der Waals surface area contributed by atoms with E-state index in [0.29, 0.717) is 5.69 Å². The zero-order chi connectivity index (χ0) is 25.7. The first-order valence-electron chi connectivity index (χ1n) is 11.4. The van der Waals surface area contributed by atoms with E-state index < -0.39 is 34.1 Å². The molecule has 1 unspecified atom stereocenters. The lowest BCUT2D eigenvalue weighted by Crippen LogP contribution is -2.54. The lowest BCUT2D eigenvalue weighted by atomic mass is 10.1. The minimum atomic E-state index is -3.74. The van der Waals surface area contributed by atoms with Gasteiger partial charge >= 0.3 is 0 Å². The normalized spacial score (nSPS) is 12.7. The largest absolute Gasteiger partial charge is 0.350 e. The summed E-state index contributed by atoms with van der Waals surface area (Å²) >= 11 is 0. The first kappa shape index (κ1) is 27.4. The van der Waals surface area contributed by atoms with Gasteiger partial charge in [-0.2, -0.15) is 0 Å². The maximum atomic E-state index is 13.5. The van der Waals surface area contributed by atoms with Gasteiger partial charge in [0.2, 0.25) is 21.8 Å². The minimum absolute atomic E-state index is 0.186. The lowest BCUT2D eigenvalue weighted by molar-refractivity contribution is -0.140. The number of benzene rings is 2. The second-order valence-electron chi connectivity index (χ2n) is 9.72. The molecule has 0 aliphatic rings. The van der Waals surface area contributed by atoms with Gasteiger partial charge in [-0.05, 0) is 64.3 Å². The molecule has 0 radical (unpaired) electrons. The van der Waals surface area contributed by atoms with E-state index >= 15 is 0 Å². The number of nitrogens with zero attached hydrogens (tertiary/aromatic N) is 2. The average molecular weight is 488 g/mol. The van der Waals surface area contributed by atoms with E-state index in [-0.39, 0.29) is 12.5 Å². The number of hydrogen-bond acceptors (Lipinski definition) is 4. The van der Waals surface area contributed by atoms with E-state index in [2.05, 4.69) is 5.32 Å². The number of rotatable bonds is 9. The van der Waals surface area contributed by atoms with E-state index in [1.54, 1.807) is 19.1 Å². The Morgan fingerprint density at radius 1 is 1.03 bits per heavy atom. The van der Waals surface area contributed by atoms with Gasteiger partial charge < -0.3 is 10.2 Å². The molecule has 0 saturated carbocycles. The number of carbonyl (C=O) groups is 2. The zero-order valence-corrected chi connectivity index (χ0v) is 22.1. The van der Waals surface area contributed by atoms with Crippen molar-refractivity contribution in [2.75, 3.05) is 17.1 Å². The maximum Gasteiger partial charge on any atom is 0.244 e. The molecule has 0 saturated heterocycles. The van der Waals surface area contributed by atoms with Crippen LogP contribution < -0.4 is 9.62 Å². The van der Waals surface area contributed by atoms with Crippen molar-refractivity contribution in [2.24, 2.45) is 0 Å². The molecule has 0 aliphatic carbocycles. The molecule has 1 N–H and O–H groups in total. The molecule has 34 heavy (non-hydrogen) atoms. The molecule has 0 spiro atoms. The quantitative estimate of drug-likeness (QED) is 0.585. The molecule has 2 amide bonds. The fraction of sp³-hybridized carbons (Fsp3) is 0.462. The van der Waals surface area contributed by atoms with Gasteiger partial charge in [0.1, 0.15) is 12.6 Å². The van der Waals surface area contributed by atoms with Gasteiger partial charge in [-0.3, -0.25) is 13.9 Å². The Morgan fingerprint density at radius 3 is 2.15 bits per heavy atom. The van der Waals surface area contributed by atoms with Crippen LogP contribution in [0, 0.1) is 6.92 Å². The Balaban J connectivity index is 2.39. The van der Waals surface area contributed by atoms with Crippen LogP contribution in [0.1, 0.15) is 51.3 Å². The highest BCUT2D eigenvalue weighted by molar-refractivity contribution is 7.92. The summed E-state index contributed by atoms with van der Waals surface area (Å²) in [6.45, 7) is 11.0. The third kappa shape index (κ3) is 7.87. The van der Waals surface area contributed by atoms with Crippen molar-refractivity contribution in [1.29, 1.82) is 0 Å². The second kappa shape index (κ2) is 11.0. The zero-order valence-electron chi connectivity index (χ0n) is 21.3. The van der Waals surface area contributed by atoms with Crippen LogP contribution in [0.25, 0.3) is 0 Å². The van der Waals surface area contributed by atoms with Crippen LogP contribution in [0.4, 0.5) is 5.69 Å². The molecule has 2 aromatic rings. The standard InChI is InChI=1S/C26H37N3O4S/c1-8-21-12-14-23(15-13-21)29(34(7,32)33)18-24(30)28(17-22-11-9-10-19(2)16-22)20(3)25(31)27-26(4,5)6/h9-16,20H,8,17-18H2,1-7H3,(H,27,31). The molecule has 0 heterocycles.